The smallest absolute Gasteiger partial charge is 0.273 e. The van der Waals surface area contributed by atoms with Crippen molar-refractivity contribution < 1.29 is 4.74 Å². The molecule has 0 atom stereocenters. The first kappa shape index (κ1) is 10.3. The van der Waals surface area contributed by atoms with E-state index in [1.54, 1.807) is 6.08 Å². The Balaban J connectivity index is 0.000000165. The fraction of sp³-hybridized carbons (Fsp3) is 0.182. The third-order valence-electron chi connectivity index (χ3n) is 1.58. The first-order valence-electron chi connectivity index (χ1n) is 4.34. The van der Waals surface area contributed by atoms with Crippen LogP contribution in [-0.4, -0.2) is 19.6 Å². The molecule has 0 unspecified atom stereocenters. The molecular weight excluding hydrogens is 176 g/mol. The number of nitrogens with two attached hydrogens (primary N) is 1. The van der Waals surface area contributed by atoms with Crippen molar-refractivity contribution in [2.24, 2.45) is 4.99 Å². The number of aliphatic imine (C=N–C) groups is 1. The van der Waals surface area contributed by atoms with E-state index in [-0.39, 0.29) is 0 Å². The summed E-state index contributed by atoms with van der Waals surface area (Å²) < 4.78 is 4.53. The summed E-state index contributed by atoms with van der Waals surface area (Å²) >= 11 is 0. The maximum absolute atomic E-state index is 5.49. The summed E-state index contributed by atoms with van der Waals surface area (Å²) in [7, 11) is 0. The van der Waals surface area contributed by atoms with E-state index < -0.39 is 0 Å². The minimum absolute atomic E-state index is 0.722. The van der Waals surface area contributed by atoms with Crippen LogP contribution in [0.2, 0.25) is 0 Å². The van der Waals surface area contributed by atoms with E-state index in [1.165, 1.54) is 0 Å². The molecule has 1 radical (unpaired) electrons. The van der Waals surface area contributed by atoms with Crippen LogP contribution in [0.25, 0.3) is 6.08 Å². The lowest BCUT2D eigenvalue weighted by molar-refractivity contribution is 0.361. The molecular formula is C11H13N2O. The fourth-order valence-corrected chi connectivity index (χ4v) is 0.914. The van der Waals surface area contributed by atoms with E-state index in [4.69, 9.17) is 5.73 Å². The van der Waals surface area contributed by atoms with Crippen LogP contribution in [0.4, 0.5) is 5.69 Å². The largest absolute Gasteiger partial charge is 0.472 e. The Kier molecular flexibility index (Phi) is 4.27. The van der Waals surface area contributed by atoms with E-state index in [9.17, 15) is 0 Å². The van der Waals surface area contributed by atoms with Gasteiger partial charge in [-0.1, -0.05) is 24.8 Å². The monoisotopic (exact) mass is 189 g/mol. The van der Waals surface area contributed by atoms with Crippen molar-refractivity contribution in [3.05, 3.63) is 36.4 Å². The Bertz CT molecular complexity index is 315. The van der Waals surface area contributed by atoms with Crippen LogP contribution in [0.3, 0.4) is 0 Å². The Morgan fingerprint density at radius 2 is 2.43 bits per heavy atom. The number of nitrogens with zero attached hydrogens (tertiary/aromatic N) is 1. The Morgan fingerprint density at radius 3 is 2.79 bits per heavy atom. The molecule has 3 heteroatoms. The third-order valence-corrected chi connectivity index (χ3v) is 1.58. The summed E-state index contributed by atoms with van der Waals surface area (Å²) in [6.45, 7) is 5.13. The normalized spacial score (nSPS) is 12.6. The summed E-state index contributed by atoms with van der Waals surface area (Å²) in [6, 6.07) is 7.61. The maximum Gasteiger partial charge on any atom is 0.273 e. The summed E-state index contributed by atoms with van der Waals surface area (Å²) in [5.41, 5.74) is 7.34. The molecule has 1 aromatic carbocycles. The van der Waals surface area contributed by atoms with E-state index in [0.29, 0.717) is 0 Å². The molecule has 0 fully saturated rings. The number of anilines is 1. The molecule has 0 saturated heterocycles. The first-order chi connectivity index (χ1) is 6.83. The van der Waals surface area contributed by atoms with Gasteiger partial charge in [0.1, 0.15) is 6.61 Å². The fourth-order valence-electron chi connectivity index (χ4n) is 0.914. The van der Waals surface area contributed by atoms with Crippen LogP contribution in [0, 0.1) is 0 Å². The Morgan fingerprint density at radius 1 is 1.57 bits per heavy atom. The van der Waals surface area contributed by atoms with Gasteiger partial charge >= 0.3 is 0 Å². The van der Waals surface area contributed by atoms with Gasteiger partial charge in [-0.05, 0) is 17.7 Å². The van der Waals surface area contributed by atoms with Crippen LogP contribution >= 0.6 is 0 Å². The summed E-state index contributed by atoms with van der Waals surface area (Å²) in [5, 5.41) is 0. The molecule has 2 rings (SSSR count). The number of benzene rings is 1. The van der Waals surface area contributed by atoms with E-state index in [1.807, 2.05) is 24.3 Å². The van der Waals surface area contributed by atoms with Crippen molar-refractivity contribution in [1.82, 2.24) is 0 Å². The molecule has 1 aromatic rings. The second-order valence-electron chi connectivity index (χ2n) is 2.70. The van der Waals surface area contributed by atoms with Gasteiger partial charge in [-0.2, -0.15) is 0 Å². The summed E-state index contributed by atoms with van der Waals surface area (Å²) in [4.78, 5) is 3.61. The van der Waals surface area contributed by atoms with Gasteiger partial charge in [-0.3, -0.25) is 0 Å². The molecule has 0 spiro atoms. The molecule has 1 aliphatic heterocycles. The average molecular weight is 189 g/mol. The SMILES string of the molecule is C=Cc1cccc(N)c1.[C]1=NCCO1. The highest BCUT2D eigenvalue weighted by molar-refractivity contribution is 5.53. The average Bonchev–Trinajstić information content (AvgIpc) is 2.75. The van der Waals surface area contributed by atoms with Crippen molar-refractivity contribution in [3.8, 4) is 0 Å². The van der Waals surface area contributed by atoms with Crippen molar-refractivity contribution in [3.63, 3.8) is 0 Å². The lowest BCUT2D eigenvalue weighted by Gasteiger charge is -1.92. The molecule has 73 valence electrons. The van der Waals surface area contributed by atoms with E-state index >= 15 is 0 Å². The van der Waals surface area contributed by atoms with Crippen LogP contribution < -0.4 is 5.73 Å². The zero-order valence-corrected chi connectivity index (χ0v) is 7.94. The number of hydrogen-bond acceptors (Lipinski definition) is 3. The molecule has 0 bridgehead atoms. The summed E-state index contributed by atoms with van der Waals surface area (Å²) in [5.74, 6) is 0. The van der Waals surface area contributed by atoms with Crippen molar-refractivity contribution in [1.29, 1.82) is 0 Å². The lowest BCUT2D eigenvalue weighted by atomic mass is 10.2. The lowest BCUT2D eigenvalue weighted by Crippen LogP contribution is -1.82. The van der Waals surface area contributed by atoms with E-state index in [0.717, 1.165) is 24.4 Å². The standard InChI is InChI=1S/C8H9N.C3H4NO/c1-2-7-4-3-5-8(9)6-7;1-2-5-3-4-1/h2-6H,1,9H2;1-2H2. The van der Waals surface area contributed by atoms with Gasteiger partial charge in [0, 0.05) is 5.69 Å². The van der Waals surface area contributed by atoms with Gasteiger partial charge in [-0.15, -0.1) is 0 Å². The second kappa shape index (κ2) is 5.80. The Hall–Kier alpha value is -1.77. The van der Waals surface area contributed by atoms with Crippen LogP contribution in [0.15, 0.2) is 35.8 Å². The number of rotatable bonds is 1. The predicted molar refractivity (Wildman–Crippen MR) is 59.2 cm³/mol. The van der Waals surface area contributed by atoms with Gasteiger partial charge in [0.15, 0.2) is 0 Å². The highest BCUT2D eigenvalue weighted by Crippen LogP contribution is 2.06. The third kappa shape index (κ3) is 3.76. The minimum atomic E-state index is 0.722. The van der Waals surface area contributed by atoms with Crippen LogP contribution in [0.1, 0.15) is 5.56 Å². The number of nitrogen functional groups attached to an aromatic ring is 1. The van der Waals surface area contributed by atoms with Crippen molar-refractivity contribution in [2.75, 3.05) is 18.9 Å². The van der Waals surface area contributed by atoms with Crippen LogP contribution in [0.5, 0.6) is 0 Å². The van der Waals surface area contributed by atoms with Gasteiger partial charge in [-0.25, -0.2) is 4.99 Å². The molecule has 1 aliphatic rings. The van der Waals surface area contributed by atoms with Gasteiger partial charge in [0.05, 0.1) is 6.54 Å². The highest BCUT2D eigenvalue weighted by Gasteiger charge is 1.87. The molecule has 1 heterocycles. The molecule has 3 nitrogen and oxygen atoms in total. The number of hydrogen-bond donors (Lipinski definition) is 1. The molecule has 0 amide bonds. The molecule has 0 aromatic heterocycles. The molecule has 2 N–H and O–H groups in total. The van der Waals surface area contributed by atoms with Gasteiger partial charge in [0.2, 0.25) is 0 Å². The minimum Gasteiger partial charge on any atom is -0.472 e. The second-order valence-corrected chi connectivity index (χ2v) is 2.70. The topological polar surface area (TPSA) is 47.6 Å². The quantitative estimate of drug-likeness (QED) is 0.685. The van der Waals surface area contributed by atoms with Crippen molar-refractivity contribution >= 4 is 18.2 Å². The summed E-state index contributed by atoms with van der Waals surface area (Å²) in [6.07, 6.45) is 4.12. The highest BCUT2D eigenvalue weighted by atomic mass is 16.5. The van der Waals surface area contributed by atoms with Crippen LogP contribution in [-0.2, 0) is 4.74 Å². The van der Waals surface area contributed by atoms with Gasteiger partial charge in [0.25, 0.3) is 6.40 Å². The molecule has 0 saturated carbocycles. The maximum atomic E-state index is 5.49. The predicted octanol–water partition coefficient (Wildman–Crippen LogP) is 1.83. The molecule has 0 aliphatic carbocycles. The van der Waals surface area contributed by atoms with Gasteiger partial charge < -0.3 is 10.5 Å². The van der Waals surface area contributed by atoms with E-state index in [2.05, 4.69) is 22.7 Å². The zero-order valence-electron chi connectivity index (χ0n) is 7.94. The first-order valence-corrected chi connectivity index (χ1v) is 4.34. The number of ether oxygens (including phenoxy) is 1. The van der Waals surface area contributed by atoms with Crippen molar-refractivity contribution in [2.45, 2.75) is 0 Å². The molecule has 14 heavy (non-hydrogen) atoms. The Labute approximate surface area is 83.9 Å². The zero-order chi connectivity index (χ0) is 10.2.